The maximum absolute atomic E-state index is 14.0. The van der Waals surface area contributed by atoms with Crippen LogP contribution in [0.4, 0.5) is 15.8 Å². The quantitative estimate of drug-likeness (QED) is 0.749. The SMILES string of the molecule is Cc1cc(Br)c(Nc2ccc(C(N)=S)cc2F)cc1Cl. The van der Waals surface area contributed by atoms with Crippen LogP contribution in [0, 0.1) is 12.7 Å². The third kappa shape index (κ3) is 3.29. The molecule has 0 unspecified atom stereocenters. The van der Waals surface area contributed by atoms with Crippen LogP contribution in [0.3, 0.4) is 0 Å². The second-order valence-electron chi connectivity index (χ2n) is 4.27. The zero-order valence-electron chi connectivity index (χ0n) is 10.5. The Morgan fingerprint density at radius 3 is 2.60 bits per heavy atom. The highest BCUT2D eigenvalue weighted by atomic mass is 79.9. The van der Waals surface area contributed by atoms with E-state index in [-0.39, 0.29) is 4.99 Å². The molecule has 2 aromatic rings. The zero-order valence-corrected chi connectivity index (χ0v) is 13.7. The van der Waals surface area contributed by atoms with Crippen LogP contribution in [0.2, 0.25) is 5.02 Å². The van der Waals surface area contributed by atoms with Crippen molar-refractivity contribution < 1.29 is 4.39 Å². The van der Waals surface area contributed by atoms with Crippen molar-refractivity contribution in [2.45, 2.75) is 6.92 Å². The maximum atomic E-state index is 14.0. The van der Waals surface area contributed by atoms with Gasteiger partial charge in [-0.3, -0.25) is 0 Å². The standard InChI is InChI=1S/C14H11BrClFN2S/c1-7-4-9(15)13(6-10(7)16)19-12-3-2-8(14(18)20)5-11(12)17/h2-6,19H,1H3,(H2,18,20). The van der Waals surface area contributed by atoms with E-state index in [0.29, 0.717) is 22.0 Å². The molecule has 0 heterocycles. The van der Waals surface area contributed by atoms with Crippen molar-refractivity contribution in [2.24, 2.45) is 5.73 Å². The molecular weight excluding hydrogens is 363 g/mol. The molecule has 20 heavy (non-hydrogen) atoms. The highest BCUT2D eigenvalue weighted by Crippen LogP contribution is 2.32. The second-order valence-corrected chi connectivity index (χ2v) is 5.97. The Balaban J connectivity index is 2.35. The number of hydrogen-bond donors (Lipinski definition) is 2. The second kappa shape index (κ2) is 6.08. The summed E-state index contributed by atoms with van der Waals surface area (Å²) in [6.45, 7) is 1.90. The van der Waals surface area contributed by atoms with E-state index in [1.54, 1.807) is 18.2 Å². The molecule has 6 heteroatoms. The number of halogens is 3. The van der Waals surface area contributed by atoms with Gasteiger partial charge in [0.25, 0.3) is 0 Å². The number of nitrogens with two attached hydrogens (primary N) is 1. The van der Waals surface area contributed by atoms with E-state index in [4.69, 9.17) is 29.6 Å². The maximum Gasteiger partial charge on any atom is 0.147 e. The van der Waals surface area contributed by atoms with Gasteiger partial charge in [0.05, 0.1) is 11.4 Å². The molecule has 2 aromatic carbocycles. The minimum Gasteiger partial charge on any atom is -0.389 e. The van der Waals surface area contributed by atoms with Crippen molar-refractivity contribution in [1.82, 2.24) is 0 Å². The minimum absolute atomic E-state index is 0.162. The Labute approximate surface area is 135 Å². The van der Waals surface area contributed by atoms with Crippen molar-refractivity contribution in [1.29, 1.82) is 0 Å². The van der Waals surface area contributed by atoms with Crippen LogP contribution in [0.25, 0.3) is 0 Å². The summed E-state index contributed by atoms with van der Waals surface area (Å²) in [5.41, 5.74) is 7.90. The molecule has 0 saturated carbocycles. The molecule has 0 spiro atoms. The number of hydrogen-bond acceptors (Lipinski definition) is 2. The number of benzene rings is 2. The third-order valence-electron chi connectivity index (χ3n) is 2.77. The zero-order chi connectivity index (χ0) is 14.9. The van der Waals surface area contributed by atoms with Crippen molar-refractivity contribution in [3.63, 3.8) is 0 Å². The molecule has 0 aliphatic carbocycles. The molecule has 2 rings (SSSR count). The van der Waals surface area contributed by atoms with Gasteiger partial charge in [-0.25, -0.2) is 4.39 Å². The summed E-state index contributed by atoms with van der Waals surface area (Å²) in [5.74, 6) is -0.432. The predicted octanol–water partition coefficient (Wildman–Crippen LogP) is 4.93. The smallest absolute Gasteiger partial charge is 0.147 e. The van der Waals surface area contributed by atoms with Gasteiger partial charge in [-0.2, -0.15) is 0 Å². The monoisotopic (exact) mass is 372 g/mol. The lowest BCUT2D eigenvalue weighted by Gasteiger charge is -2.12. The summed E-state index contributed by atoms with van der Waals surface area (Å²) in [7, 11) is 0. The Bertz CT molecular complexity index is 691. The van der Waals surface area contributed by atoms with E-state index in [1.165, 1.54) is 6.07 Å². The first kappa shape index (κ1) is 15.2. The molecule has 0 aromatic heterocycles. The molecule has 0 aliphatic rings. The van der Waals surface area contributed by atoms with Gasteiger partial charge in [-0.15, -0.1) is 0 Å². The number of anilines is 2. The molecule has 3 N–H and O–H groups in total. The first-order valence-electron chi connectivity index (χ1n) is 5.70. The third-order valence-corrected chi connectivity index (χ3v) is 4.07. The van der Waals surface area contributed by atoms with Gasteiger partial charge in [0, 0.05) is 15.1 Å². The van der Waals surface area contributed by atoms with E-state index < -0.39 is 5.82 Å². The fourth-order valence-electron chi connectivity index (χ4n) is 1.66. The molecule has 2 nitrogen and oxygen atoms in total. The van der Waals surface area contributed by atoms with Crippen molar-refractivity contribution in [3.05, 3.63) is 56.8 Å². The normalized spacial score (nSPS) is 10.4. The molecular formula is C14H11BrClFN2S. The lowest BCUT2D eigenvalue weighted by Crippen LogP contribution is -2.09. The summed E-state index contributed by atoms with van der Waals surface area (Å²) in [6, 6.07) is 8.16. The van der Waals surface area contributed by atoms with Gasteiger partial charge in [0.1, 0.15) is 10.8 Å². The Morgan fingerprint density at radius 2 is 2.00 bits per heavy atom. The summed E-state index contributed by atoms with van der Waals surface area (Å²) >= 11 is 14.3. The van der Waals surface area contributed by atoms with Crippen LogP contribution in [0.15, 0.2) is 34.8 Å². The van der Waals surface area contributed by atoms with Gasteiger partial charge in [0.2, 0.25) is 0 Å². The first-order chi connectivity index (χ1) is 9.38. The first-order valence-corrected chi connectivity index (χ1v) is 7.28. The number of nitrogens with one attached hydrogen (secondary N) is 1. The van der Waals surface area contributed by atoms with Crippen molar-refractivity contribution in [3.8, 4) is 0 Å². The van der Waals surface area contributed by atoms with Crippen LogP contribution in [-0.4, -0.2) is 4.99 Å². The fraction of sp³-hybridized carbons (Fsp3) is 0.0714. The molecule has 104 valence electrons. The Kier molecular flexibility index (Phi) is 4.62. The van der Waals surface area contributed by atoms with Gasteiger partial charge in [-0.05, 0) is 58.7 Å². The fourth-order valence-corrected chi connectivity index (χ4v) is 2.50. The molecule has 0 aliphatic heterocycles. The van der Waals surface area contributed by atoms with Crippen LogP contribution >= 0.6 is 39.7 Å². The largest absolute Gasteiger partial charge is 0.389 e. The van der Waals surface area contributed by atoms with Crippen molar-refractivity contribution >= 4 is 56.1 Å². The number of aryl methyl sites for hydroxylation is 1. The highest BCUT2D eigenvalue weighted by Gasteiger charge is 2.09. The van der Waals surface area contributed by atoms with Crippen molar-refractivity contribution in [2.75, 3.05) is 5.32 Å². The number of thiocarbonyl (C=S) groups is 1. The predicted molar refractivity (Wildman–Crippen MR) is 89.5 cm³/mol. The topological polar surface area (TPSA) is 38.0 Å². The summed E-state index contributed by atoms with van der Waals surface area (Å²) in [5, 5.41) is 3.59. The van der Waals surface area contributed by atoms with E-state index in [1.807, 2.05) is 13.0 Å². The lowest BCUT2D eigenvalue weighted by atomic mass is 10.1. The van der Waals surface area contributed by atoms with Gasteiger partial charge in [-0.1, -0.05) is 23.8 Å². The summed E-state index contributed by atoms with van der Waals surface area (Å²) in [4.78, 5) is 0.162. The Morgan fingerprint density at radius 1 is 1.30 bits per heavy atom. The average Bonchev–Trinajstić information content (AvgIpc) is 2.37. The molecule has 0 bridgehead atoms. The number of rotatable bonds is 3. The van der Waals surface area contributed by atoms with Gasteiger partial charge < -0.3 is 11.1 Å². The van der Waals surface area contributed by atoms with Crippen LogP contribution in [-0.2, 0) is 0 Å². The highest BCUT2D eigenvalue weighted by molar-refractivity contribution is 9.10. The van der Waals surface area contributed by atoms with Gasteiger partial charge in [0.15, 0.2) is 0 Å². The van der Waals surface area contributed by atoms with Crippen LogP contribution < -0.4 is 11.1 Å². The Hall–Kier alpha value is -1.17. The summed E-state index contributed by atoms with van der Waals surface area (Å²) in [6.07, 6.45) is 0. The molecule has 0 radical (unpaired) electrons. The van der Waals surface area contributed by atoms with E-state index in [0.717, 1.165) is 10.0 Å². The molecule has 0 saturated heterocycles. The van der Waals surface area contributed by atoms with E-state index >= 15 is 0 Å². The van der Waals surface area contributed by atoms with Crippen LogP contribution in [0.1, 0.15) is 11.1 Å². The molecule has 0 atom stereocenters. The average molecular weight is 374 g/mol. The summed E-state index contributed by atoms with van der Waals surface area (Å²) < 4.78 is 14.8. The minimum atomic E-state index is -0.432. The van der Waals surface area contributed by atoms with E-state index in [2.05, 4.69) is 21.2 Å². The molecule has 0 amide bonds. The van der Waals surface area contributed by atoms with Gasteiger partial charge >= 0.3 is 0 Å². The lowest BCUT2D eigenvalue weighted by molar-refractivity contribution is 0.631. The van der Waals surface area contributed by atoms with Crippen LogP contribution in [0.5, 0.6) is 0 Å². The van der Waals surface area contributed by atoms with E-state index in [9.17, 15) is 4.39 Å². The molecule has 0 fully saturated rings.